The van der Waals surface area contributed by atoms with Gasteiger partial charge in [-0.2, -0.15) is 10.2 Å². The lowest BCUT2D eigenvalue weighted by Crippen LogP contribution is -2.27. The van der Waals surface area contributed by atoms with Crippen molar-refractivity contribution in [3.63, 3.8) is 0 Å². The van der Waals surface area contributed by atoms with Crippen molar-refractivity contribution in [1.82, 2.24) is 24.5 Å². The molecule has 0 atom stereocenters. The third-order valence-corrected chi connectivity index (χ3v) is 4.72. The van der Waals surface area contributed by atoms with Crippen LogP contribution in [0.3, 0.4) is 0 Å². The van der Waals surface area contributed by atoms with Crippen LogP contribution in [0.4, 0.5) is 0 Å². The van der Waals surface area contributed by atoms with Crippen LogP contribution in [0.2, 0.25) is 5.02 Å². The summed E-state index contributed by atoms with van der Waals surface area (Å²) in [4.78, 5) is 14.1. The second kappa shape index (κ2) is 7.17. The maximum Gasteiger partial charge on any atom is 0.224 e. The number of rotatable bonds is 6. The van der Waals surface area contributed by atoms with Crippen LogP contribution in [-0.4, -0.2) is 37.4 Å². The molecule has 126 valence electrons. The van der Waals surface area contributed by atoms with Gasteiger partial charge in [-0.1, -0.05) is 11.6 Å². The molecule has 0 fully saturated rings. The Morgan fingerprint density at radius 1 is 1.26 bits per heavy atom. The van der Waals surface area contributed by atoms with Gasteiger partial charge in [-0.15, -0.1) is 0 Å². The highest BCUT2D eigenvalue weighted by Crippen LogP contribution is 2.19. The number of aryl methyl sites for hydroxylation is 3. The molecule has 0 aromatic carbocycles. The minimum absolute atomic E-state index is 0.0809. The Morgan fingerprint density at radius 3 is 2.48 bits per heavy atom. The highest BCUT2D eigenvalue weighted by Gasteiger charge is 2.15. The van der Waals surface area contributed by atoms with Crippen LogP contribution in [0.1, 0.15) is 36.0 Å². The van der Waals surface area contributed by atoms with E-state index in [0.717, 1.165) is 29.2 Å². The molecule has 1 amide bonds. The van der Waals surface area contributed by atoms with Gasteiger partial charge in [0, 0.05) is 37.8 Å². The van der Waals surface area contributed by atoms with Gasteiger partial charge in [0.1, 0.15) is 0 Å². The van der Waals surface area contributed by atoms with Gasteiger partial charge < -0.3 is 4.90 Å². The van der Waals surface area contributed by atoms with Gasteiger partial charge in [0.05, 0.1) is 29.2 Å². The molecular weight excluding hydrogens is 314 g/mol. The van der Waals surface area contributed by atoms with E-state index in [-0.39, 0.29) is 5.91 Å². The zero-order chi connectivity index (χ0) is 17.1. The SMILES string of the molecule is CCn1ncc(CN(C)C(=O)CCn2nc(C)c(Cl)c2C)c1C. The minimum atomic E-state index is 0.0809. The van der Waals surface area contributed by atoms with Gasteiger partial charge >= 0.3 is 0 Å². The highest BCUT2D eigenvalue weighted by molar-refractivity contribution is 6.31. The van der Waals surface area contributed by atoms with E-state index in [1.54, 1.807) is 9.58 Å². The van der Waals surface area contributed by atoms with Gasteiger partial charge in [0.25, 0.3) is 0 Å². The molecule has 6 nitrogen and oxygen atoms in total. The number of nitrogens with zero attached hydrogens (tertiary/aromatic N) is 5. The fraction of sp³-hybridized carbons (Fsp3) is 0.562. The summed E-state index contributed by atoms with van der Waals surface area (Å²) in [5.41, 5.74) is 3.89. The van der Waals surface area contributed by atoms with E-state index in [1.165, 1.54) is 0 Å². The quantitative estimate of drug-likeness (QED) is 0.814. The van der Waals surface area contributed by atoms with Crippen LogP contribution in [0.25, 0.3) is 0 Å². The van der Waals surface area contributed by atoms with Crippen molar-refractivity contribution in [1.29, 1.82) is 0 Å². The zero-order valence-corrected chi connectivity index (χ0v) is 15.2. The predicted molar refractivity (Wildman–Crippen MR) is 90.4 cm³/mol. The minimum Gasteiger partial charge on any atom is -0.341 e. The first-order valence-corrected chi connectivity index (χ1v) is 8.17. The second-order valence-electron chi connectivity index (χ2n) is 5.78. The molecule has 0 spiro atoms. The largest absolute Gasteiger partial charge is 0.341 e. The third kappa shape index (κ3) is 3.75. The number of halogens is 1. The Kier molecular flexibility index (Phi) is 5.46. The average molecular weight is 338 g/mol. The van der Waals surface area contributed by atoms with Crippen molar-refractivity contribution in [2.75, 3.05) is 7.05 Å². The number of carbonyl (C=O) groups is 1. The fourth-order valence-electron chi connectivity index (χ4n) is 2.59. The van der Waals surface area contributed by atoms with Crippen molar-refractivity contribution in [2.24, 2.45) is 0 Å². The predicted octanol–water partition coefficient (Wildman–Crippen LogP) is 2.73. The molecule has 0 unspecified atom stereocenters. The Balaban J connectivity index is 1.94. The molecule has 0 aliphatic heterocycles. The van der Waals surface area contributed by atoms with Crippen molar-refractivity contribution < 1.29 is 4.79 Å². The molecule has 2 aromatic rings. The number of aromatic nitrogens is 4. The molecule has 2 heterocycles. The second-order valence-corrected chi connectivity index (χ2v) is 6.16. The van der Waals surface area contributed by atoms with Crippen molar-refractivity contribution in [3.05, 3.63) is 33.9 Å². The normalized spacial score (nSPS) is 11.0. The Hall–Kier alpha value is -1.82. The van der Waals surface area contributed by atoms with E-state index in [0.29, 0.717) is 24.5 Å². The molecule has 0 aliphatic rings. The maximum atomic E-state index is 12.3. The number of amides is 1. The number of carbonyl (C=O) groups excluding carboxylic acids is 1. The molecule has 0 saturated heterocycles. The van der Waals surface area contributed by atoms with Crippen LogP contribution in [0.5, 0.6) is 0 Å². The molecule has 2 aromatic heterocycles. The summed E-state index contributed by atoms with van der Waals surface area (Å²) in [5.74, 6) is 0.0809. The van der Waals surface area contributed by atoms with E-state index in [1.807, 2.05) is 38.7 Å². The fourth-order valence-corrected chi connectivity index (χ4v) is 2.72. The summed E-state index contributed by atoms with van der Waals surface area (Å²) in [5, 5.41) is 9.34. The first-order valence-electron chi connectivity index (χ1n) is 7.79. The van der Waals surface area contributed by atoms with Gasteiger partial charge in [-0.25, -0.2) is 0 Å². The topological polar surface area (TPSA) is 56.0 Å². The Labute approximate surface area is 142 Å². The van der Waals surface area contributed by atoms with E-state index < -0.39 is 0 Å². The summed E-state index contributed by atoms with van der Waals surface area (Å²) in [6, 6.07) is 0. The van der Waals surface area contributed by atoms with E-state index >= 15 is 0 Å². The van der Waals surface area contributed by atoms with Crippen LogP contribution >= 0.6 is 11.6 Å². The molecule has 0 aliphatic carbocycles. The van der Waals surface area contributed by atoms with Gasteiger partial charge in [-0.05, 0) is 27.7 Å². The Morgan fingerprint density at radius 2 is 1.96 bits per heavy atom. The van der Waals surface area contributed by atoms with Crippen LogP contribution in [-0.2, 0) is 24.4 Å². The lowest BCUT2D eigenvalue weighted by molar-refractivity contribution is -0.130. The summed E-state index contributed by atoms with van der Waals surface area (Å²) in [6.07, 6.45) is 2.24. The van der Waals surface area contributed by atoms with Gasteiger partial charge in [0.15, 0.2) is 0 Å². The van der Waals surface area contributed by atoms with E-state index in [4.69, 9.17) is 11.6 Å². The molecule has 0 N–H and O–H groups in total. The maximum absolute atomic E-state index is 12.3. The summed E-state index contributed by atoms with van der Waals surface area (Å²) in [7, 11) is 1.82. The van der Waals surface area contributed by atoms with Crippen LogP contribution < -0.4 is 0 Å². The number of hydrogen-bond donors (Lipinski definition) is 0. The van der Waals surface area contributed by atoms with Gasteiger partial charge in [0.2, 0.25) is 5.91 Å². The average Bonchev–Trinajstić information content (AvgIpc) is 3.00. The van der Waals surface area contributed by atoms with E-state index in [2.05, 4.69) is 17.1 Å². The van der Waals surface area contributed by atoms with Crippen LogP contribution in [0.15, 0.2) is 6.20 Å². The molecule has 23 heavy (non-hydrogen) atoms. The monoisotopic (exact) mass is 337 g/mol. The van der Waals surface area contributed by atoms with Crippen molar-refractivity contribution in [2.45, 2.75) is 53.8 Å². The van der Waals surface area contributed by atoms with Crippen molar-refractivity contribution >= 4 is 17.5 Å². The first-order chi connectivity index (χ1) is 10.8. The lowest BCUT2D eigenvalue weighted by Gasteiger charge is -2.17. The Bertz CT molecular complexity index is 704. The highest BCUT2D eigenvalue weighted by atomic mass is 35.5. The molecular formula is C16H24ClN5O. The first kappa shape index (κ1) is 17.5. The smallest absolute Gasteiger partial charge is 0.224 e. The zero-order valence-electron chi connectivity index (χ0n) is 14.4. The molecule has 0 saturated carbocycles. The summed E-state index contributed by atoms with van der Waals surface area (Å²) < 4.78 is 3.73. The third-order valence-electron chi connectivity index (χ3n) is 4.17. The van der Waals surface area contributed by atoms with Gasteiger partial charge in [-0.3, -0.25) is 14.2 Å². The molecule has 2 rings (SSSR count). The summed E-state index contributed by atoms with van der Waals surface area (Å²) in [6.45, 7) is 9.81. The summed E-state index contributed by atoms with van der Waals surface area (Å²) >= 11 is 6.13. The molecule has 0 radical (unpaired) electrons. The lowest BCUT2D eigenvalue weighted by atomic mass is 10.2. The molecule has 0 bridgehead atoms. The number of hydrogen-bond acceptors (Lipinski definition) is 3. The molecule has 7 heteroatoms. The van der Waals surface area contributed by atoms with Crippen LogP contribution in [0, 0.1) is 20.8 Å². The van der Waals surface area contributed by atoms with Crippen molar-refractivity contribution in [3.8, 4) is 0 Å². The standard InChI is InChI=1S/C16H24ClN5O/c1-6-21-12(3)14(9-18-21)10-20(5)15(23)7-8-22-13(4)16(17)11(2)19-22/h9H,6-8,10H2,1-5H3. The van der Waals surface area contributed by atoms with E-state index in [9.17, 15) is 4.79 Å².